The first kappa shape index (κ1) is 7.26. The number of aromatic nitrogens is 1. The van der Waals surface area contributed by atoms with Gasteiger partial charge in [-0.1, -0.05) is 34.8 Å². The van der Waals surface area contributed by atoms with Gasteiger partial charge in [0, 0.05) is 12.4 Å². The summed E-state index contributed by atoms with van der Waals surface area (Å²) < 4.78 is 0.140. The molecule has 0 aromatic carbocycles. The molecule has 1 aromatic rings. The Labute approximate surface area is 68.1 Å². The van der Waals surface area contributed by atoms with Gasteiger partial charge in [0.15, 0.2) is 0 Å². The minimum atomic E-state index is -1.34. The maximum atomic E-state index is 5.49. The van der Waals surface area contributed by atoms with Crippen LogP contribution in [0.15, 0.2) is 24.5 Å². The van der Waals surface area contributed by atoms with Crippen molar-refractivity contribution in [3.05, 3.63) is 24.5 Å². The van der Waals surface area contributed by atoms with Crippen LogP contribution in [0, 0.1) is 0 Å². The summed E-state index contributed by atoms with van der Waals surface area (Å²) in [5.41, 5.74) is 0. The van der Waals surface area contributed by atoms with Crippen LogP contribution in [-0.2, 0) is 3.92 Å². The van der Waals surface area contributed by atoms with Gasteiger partial charge in [-0.3, -0.25) is 0 Å². The molecule has 0 bridgehead atoms. The second-order valence-corrected chi connectivity index (χ2v) is 3.78. The number of nitrogens with zero attached hydrogens (tertiary/aromatic N) is 1. The van der Waals surface area contributed by atoms with Crippen LogP contribution in [0.25, 0.3) is 0 Å². The second kappa shape index (κ2) is 2.41. The van der Waals surface area contributed by atoms with Gasteiger partial charge in [-0.25, -0.2) is 0 Å². The Balaban J connectivity index is 2.90. The van der Waals surface area contributed by atoms with Gasteiger partial charge >= 0.3 is 0 Å². The summed E-state index contributed by atoms with van der Waals surface area (Å²) in [6.45, 7) is 0. The quantitative estimate of drug-likeness (QED) is 0.547. The first-order valence-electron chi connectivity index (χ1n) is 2.31. The molecule has 0 aliphatic carbocycles. The molecule has 0 N–H and O–H groups in total. The van der Waals surface area contributed by atoms with Gasteiger partial charge in [-0.05, 0) is 12.1 Å². The third-order valence-electron chi connectivity index (χ3n) is 0.897. The van der Waals surface area contributed by atoms with E-state index in [9.17, 15) is 0 Å². The van der Waals surface area contributed by atoms with Crippen molar-refractivity contribution in [3.8, 4) is 0 Å². The molecule has 4 heteroatoms. The van der Waals surface area contributed by atoms with Crippen LogP contribution in [0.5, 0.6) is 0 Å². The number of alkyl halides is 3. The number of hydrogen-bond donors (Lipinski definition) is 0. The molecule has 1 nitrogen and oxygen atoms in total. The Bertz CT molecular complexity index is 175. The highest BCUT2D eigenvalue weighted by Gasteiger charge is 2.19. The number of hydrogen-bond acceptors (Lipinski definition) is 0. The minimum absolute atomic E-state index is 1.34. The van der Waals surface area contributed by atoms with E-state index in [-0.39, 0.29) is 0 Å². The lowest BCUT2D eigenvalue weighted by molar-refractivity contribution is 0.796. The fourth-order valence-corrected chi connectivity index (χ4v) is 0.842. The molecular formula is C5H4Cl3N. The van der Waals surface area contributed by atoms with Crippen LogP contribution in [0.2, 0.25) is 0 Å². The minimum Gasteiger partial charge on any atom is -0.310 e. The number of rotatable bonds is 0. The van der Waals surface area contributed by atoms with Crippen LogP contribution >= 0.6 is 34.8 Å². The summed E-state index contributed by atoms with van der Waals surface area (Å²) >= 11 is 16.5. The molecule has 0 amide bonds. The highest BCUT2D eigenvalue weighted by Crippen LogP contribution is 2.31. The Morgan fingerprint density at radius 3 is 1.67 bits per heavy atom. The van der Waals surface area contributed by atoms with Crippen molar-refractivity contribution < 1.29 is 0 Å². The molecule has 1 heterocycles. The average molecular weight is 184 g/mol. The van der Waals surface area contributed by atoms with Gasteiger partial charge in [0.2, 0.25) is 0 Å². The summed E-state index contributed by atoms with van der Waals surface area (Å²) in [7, 11) is 0. The third kappa shape index (κ3) is 1.78. The second-order valence-electron chi connectivity index (χ2n) is 1.56. The molecule has 0 atom stereocenters. The zero-order chi connectivity index (χ0) is 6.91. The molecule has 0 saturated heterocycles. The van der Waals surface area contributed by atoms with Gasteiger partial charge in [0.05, 0.1) is 0 Å². The molecule has 0 aliphatic rings. The lowest BCUT2D eigenvalue weighted by Crippen LogP contribution is -2.08. The predicted molar refractivity (Wildman–Crippen MR) is 40.0 cm³/mol. The van der Waals surface area contributed by atoms with E-state index in [1.165, 1.54) is 4.57 Å². The topological polar surface area (TPSA) is 4.93 Å². The Kier molecular flexibility index (Phi) is 1.94. The lowest BCUT2D eigenvalue weighted by Gasteiger charge is -2.11. The van der Waals surface area contributed by atoms with E-state index in [0.717, 1.165) is 0 Å². The molecule has 0 aliphatic heterocycles. The van der Waals surface area contributed by atoms with Crippen LogP contribution in [0.1, 0.15) is 0 Å². The van der Waals surface area contributed by atoms with E-state index in [4.69, 9.17) is 34.8 Å². The molecule has 9 heavy (non-hydrogen) atoms. The summed E-state index contributed by atoms with van der Waals surface area (Å²) in [5, 5.41) is 0. The molecule has 1 rings (SSSR count). The van der Waals surface area contributed by atoms with Crippen molar-refractivity contribution in [3.63, 3.8) is 0 Å². The molecule has 50 valence electrons. The molecular weight excluding hydrogens is 180 g/mol. The van der Waals surface area contributed by atoms with Crippen molar-refractivity contribution in [2.45, 2.75) is 3.92 Å². The first-order chi connectivity index (χ1) is 4.11. The molecule has 0 saturated carbocycles. The van der Waals surface area contributed by atoms with Gasteiger partial charge < -0.3 is 4.57 Å². The van der Waals surface area contributed by atoms with E-state index in [1.54, 1.807) is 24.5 Å². The van der Waals surface area contributed by atoms with Crippen LogP contribution in [0.3, 0.4) is 0 Å². The van der Waals surface area contributed by atoms with Gasteiger partial charge in [-0.2, -0.15) is 0 Å². The summed E-state index contributed by atoms with van der Waals surface area (Å²) in [6, 6.07) is 3.59. The fourth-order valence-electron chi connectivity index (χ4n) is 0.504. The van der Waals surface area contributed by atoms with Crippen LogP contribution < -0.4 is 0 Å². The van der Waals surface area contributed by atoms with Crippen molar-refractivity contribution in [1.82, 2.24) is 4.57 Å². The predicted octanol–water partition coefficient (Wildman–Crippen LogP) is 2.77. The smallest absolute Gasteiger partial charge is 0.271 e. The molecule has 0 unspecified atom stereocenters. The zero-order valence-corrected chi connectivity index (χ0v) is 6.66. The highest BCUT2D eigenvalue weighted by molar-refractivity contribution is 6.64. The van der Waals surface area contributed by atoms with Crippen molar-refractivity contribution in [2.75, 3.05) is 0 Å². The largest absolute Gasteiger partial charge is 0.310 e. The lowest BCUT2D eigenvalue weighted by atomic mass is 10.7. The maximum Gasteiger partial charge on any atom is 0.271 e. The fraction of sp³-hybridized carbons (Fsp3) is 0.200. The molecule has 0 radical (unpaired) electrons. The van der Waals surface area contributed by atoms with Crippen molar-refractivity contribution in [1.29, 1.82) is 0 Å². The number of halogens is 3. The average Bonchev–Trinajstić information content (AvgIpc) is 2.08. The molecule has 1 aromatic heterocycles. The highest BCUT2D eigenvalue weighted by atomic mass is 35.6. The molecule has 0 fully saturated rings. The SMILES string of the molecule is ClC(Cl)(Cl)n1cccc1. The van der Waals surface area contributed by atoms with E-state index in [0.29, 0.717) is 0 Å². The Hall–Kier alpha value is 0.150. The normalized spacial score (nSPS) is 11.9. The molecule has 0 spiro atoms. The van der Waals surface area contributed by atoms with Crippen LogP contribution in [-0.4, -0.2) is 4.57 Å². The van der Waals surface area contributed by atoms with E-state index in [2.05, 4.69) is 0 Å². The summed E-state index contributed by atoms with van der Waals surface area (Å²) in [5.74, 6) is 0. The summed E-state index contributed by atoms with van der Waals surface area (Å²) in [6.07, 6.45) is 3.38. The Morgan fingerprint density at radius 2 is 1.44 bits per heavy atom. The standard InChI is InChI=1S/C5H4Cl3N/c6-5(7,8)9-3-1-2-4-9/h1-4H. The van der Waals surface area contributed by atoms with E-state index < -0.39 is 3.92 Å². The van der Waals surface area contributed by atoms with Gasteiger partial charge in [0.1, 0.15) is 0 Å². The zero-order valence-electron chi connectivity index (χ0n) is 4.39. The van der Waals surface area contributed by atoms with Gasteiger partial charge in [0.25, 0.3) is 3.92 Å². The maximum absolute atomic E-state index is 5.49. The first-order valence-corrected chi connectivity index (χ1v) is 3.44. The van der Waals surface area contributed by atoms with E-state index in [1.807, 2.05) is 0 Å². The van der Waals surface area contributed by atoms with Gasteiger partial charge in [-0.15, -0.1) is 0 Å². The summed E-state index contributed by atoms with van der Waals surface area (Å²) in [4.78, 5) is 0. The monoisotopic (exact) mass is 183 g/mol. The van der Waals surface area contributed by atoms with Crippen LogP contribution in [0.4, 0.5) is 0 Å². The third-order valence-corrected chi connectivity index (χ3v) is 1.48. The van der Waals surface area contributed by atoms with Crippen molar-refractivity contribution in [2.24, 2.45) is 0 Å². The van der Waals surface area contributed by atoms with E-state index >= 15 is 0 Å². The van der Waals surface area contributed by atoms with Crippen molar-refractivity contribution >= 4 is 34.8 Å². The Morgan fingerprint density at radius 1 is 1.00 bits per heavy atom.